The van der Waals surface area contributed by atoms with Gasteiger partial charge >= 0.3 is 0 Å². The van der Waals surface area contributed by atoms with Crippen LogP contribution in [-0.2, 0) is 6.42 Å². The first-order valence-electron chi connectivity index (χ1n) is 5.82. The summed E-state index contributed by atoms with van der Waals surface area (Å²) in [7, 11) is 0. The molecule has 0 heterocycles. The van der Waals surface area contributed by atoms with Gasteiger partial charge in [-0.2, -0.15) is 0 Å². The fraction of sp³-hybridized carbons (Fsp3) is 0.571. The lowest BCUT2D eigenvalue weighted by Gasteiger charge is -2.35. The molecular formula is C14H19Br2F. The predicted octanol–water partition coefficient (Wildman–Crippen LogP) is 5.11. The summed E-state index contributed by atoms with van der Waals surface area (Å²) < 4.78 is 13.1. The van der Waals surface area contributed by atoms with Gasteiger partial charge in [0.2, 0.25) is 0 Å². The highest BCUT2D eigenvalue weighted by molar-refractivity contribution is 9.09. The lowest BCUT2D eigenvalue weighted by atomic mass is 9.75. The molecule has 96 valence electrons. The highest BCUT2D eigenvalue weighted by Gasteiger charge is 2.32. The number of hydrogen-bond acceptors (Lipinski definition) is 0. The van der Waals surface area contributed by atoms with Crippen molar-refractivity contribution in [2.24, 2.45) is 11.3 Å². The van der Waals surface area contributed by atoms with Crippen molar-refractivity contribution in [1.29, 1.82) is 0 Å². The fourth-order valence-corrected chi connectivity index (χ4v) is 4.50. The van der Waals surface area contributed by atoms with Crippen molar-refractivity contribution >= 4 is 31.9 Å². The third kappa shape index (κ3) is 3.54. The van der Waals surface area contributed by atoms with Crippen LogP contribution < -0.4 is 0 Å². The first kappa shape index (κ1) is 15.2. The molecule has 0 saturated carbocycles. The molecule has 0 aliphatic carbocycles. The molecule has 0 aliphatic rings. The second-order valence-electron chi connectivity index (χ2n) is 5.03. The van der Waals surface area contributed by atoms with Gasteiger partial charge in [-0.15, -0.1) is 0 Å². The van der Waals surface area contributed by atoms with Gasteiger partial charge in [-0.1, -0.05) is 51.8 Å². The summed E-state index contributed by atoms with van der Waals surface area (Å²) in [5.74, 6) is 0.407. The van der Waals surface area contributed by atoms with Gasteiger partial charge in [-0.3, -0.25) is 0 Å². The van der Waals surface area contributed by atoms with Gasteiger partial charge in [0, 0.05) is 10.7 Å². The fourth-order valence-electron chi connectivity index (χ4n) is 1.88. The molecule has 0 N–H and O–H groups in total. The van der Waals surface area contributed by atoms with Crippen molar-refractivity contribution < 1.29 is 4.39 Å². The van der Waals surface area contributed by atoms with Crippen LogP contribution in [0.3, 0.4) is 0 Å². The number of aryl methyl sites for hydroxylation is 1. The van der Waals surface area contributed by atoms with E-state index in [1.165, 1.54) is 5.56 Å². The summed E-state index contributed by atoms with van der Waals surface area (Å²) in [5, 5.41) is 1.89. The zero-order valence-electron chi connectivity index (χ0n) is 10.6. The van der Waals surface area contributed by atoms with E-state index < -0.39 is 0 Å². The molecule has 0 aromatic heterocycles. The van der Waals surface area contributed by atoms with Crippen molar-refractivity contribution in [2.75, 3.05) is 10.7 Å². The normalized spacial score (nSPS) is 12.2. The van der Waals surface area contributed by atoms with E-state index >= 15 is 0 Å². The molecular weight excluding hydrogens is 347 g/mol. The monoisotopic (exact) mass is 364 g/mol. The Hall–Kier alpha value is 0.110. The quantitative estimate of drug-likeness (QED) is 0.636. The van der Waals surface area contributed by atoms with Gasteiger partial charge in [0.1, 0.15) is 5.82 Å². The highest BCUT2D eigenvalue weighted by Crippen LogP contribution is 2.36. The lowest BCUT2D eigenvalue weighted by molar-refractivity contribution is 0.267. The lowest BCUT2D eigenvalue weighted by Crippen LogP contribution is -2.33. The summed E-state index contributed by atoms with van der Waals surface area (Å²) in [6.45, 7) is 6.45. The molecule has 1 aromatic carbocycles. The molecule has 1 aromatic rings. The van der Waals surface area contributed by atoms with Crippen LogP contribution in [0.1, 0.15) is 25.0 Å². The Bertz CT molecular complexity index is 370. The van der Waals surface area contributed by atoms with Crippen LogP contribution in [-0.4, -0.2) is 10.7 Å². The van der Waals surface area contributed by atoms with Gasteiger partial charge < -0.3 is 0 Å². The number of alkyl halides is 2. The van der Waals surface area contributed by atoms with Gasteiger partial charge in [-0.25, -0.2) is 4.39 Å². The number of halogens is 3. The van der Waals surface area contributed by atoms with Crippen molar-refractivity contribution in [3.63, 3.8) is 0 Å². The number of rotatable bonds is 5. The molecule has 0 amide bonds. The van der Waals surface area contributed by atoms with E-state index in [1.54, 1.807) is 12.1 Å². The van der Waals surface area contributed by atoms with Gasteiger partial charge in [0.05, 0.1) is 0 Å². The van der Waals surface area contributed by atoms with Crippen LogP contribution in [0.5, 0.6) is 0 Å². The molecule has 17 heavy (non-hydrogen) atoms. The average Bonchev–Trinajstić information content (AvgIpc) is 2.28. The average molecular weight is 366 g/mol. The summed E-state index contributed by atoms with van der Waals surface area (Å²) >= 11 is 7.25. The summed E-state index contributed by atoms with van der Waals surface area (Å²) in [6, 6.07) is 5.08. The van der Waals surface area contributed by atoms with E-state index in [0.717, 1.165) is 22.6 Å². The smallest absolute Gasteiger partial charge is 0.123 e. The Balaban J connectivity index is 3.01. The van der Waals surface area contributed by atoms with Crippen molar-refractivity contribution in [1.82, 2.24) is 0 Å². The maximum Gasteiger partial charge on any atom is 0.123 e. The minimum Gasteiger partial charge on any atom is -0.207 e. The van der Waals surface area contributed by atoms with Gasteiger partial charge in [0.25, 0.3) is 0 Å². The Labute approximate surface area is 120 Å². The molecule has 0 fully saturated rings. The van der Waals surface area contributed by atoms with Gasteiger partial charge in [0.15, 0.2) is 0 Å². The molecule has 0 unspecified atom stereocenters. The Kier molecular flexibility index (Phi) is 5.65. The van der Waals surface area contributed by atoms with Crippen molar-refractivity contribution in [2.45, 2.75) is 27.2 Å². The Morgan fingerprint density at radius 2 is 1.82 bits per heavy atom. The summed E-state index contributed by atoms with van der Waals surface area (Å²) in [4.78, 5) is 0. The second-order valence-corrected chi connectivity index (χ2v) is 6.15. The molecule has 3 heteroatoms. The third-order valence-corrected chi connectivity index (χ3v) is 5.84. The van der Waals surface area contributed by atoms with E-state index in [9.17, 15) is 4.39 Å². The van der Waals surface area contributed by atoms with Crippen molar-refractivity contribution in [3.8, 4) is 0 Å². The molecule has 0 nitrogen and oxygen atoms in total. The molecule has 0 atom stereocenters. The van der Waals surface area contributed by atoms with Crippen LogP contribution in [0.15, 0.2) is 18.2 Å². The van der Waals surface area contributed by atoms with Gasteiger partial charge in [-0.05, 0) is 47.9 Å². The minimum absolute atomic E-state index is 0.154. The maximum absolute atomic E-state index is 13.1. The highest BCUT2D eigenvalue weighted by atomic mass is 79.9. The Morgan fingerprint density at radius 1 is 1.24 bits per heavy atom. The van der Waals surface area contributed by atoms with Crippen LogP contribution in [0.25, 0.3) is 0 Å². The maximum atomic E-state index is 13.1. The van der Waals surface area contributed by atoms with Crippen LogP contribution in [0.4, 0.5) is 4.39 Å². The first-order chi connectivity index (χ1) is 7.95. The van der Waals surface area contributed by atoms with Crippen LogP contribution >= 0.6 is 31.9 Å². The van der Waals surface area contributed by atoms with E-state index in [1.807, 2.05) is 13.0 Å². The van der Waals surface area contributed by atoms with E-state index in [2.05, 4.69) is 45.7 Å². The zero-order valence-corrected chi connectivity index (χ0v) is 13.7. The Morgan fingerprint density at radius 3 is 2.24 bits per heavy atom. The first-order valence-corrected chi connectivity index (χ1v) is 8.06. The standard InChI is InChI=1S/C14H19Br2F/c1-10(2)14(8-15,9-16)7-12-4-5-13(17)6-11(12)3/h4-6,10H,7-9H2,1-3H3. The molecule has 0 spiro atoms. The number of benzene rings is 1. The topological polar surface area (TPSA) is 0 Å². The minimum atomic E-state index is -0.154. The zero-order chi connectivity index (χ0) is 13.1. The molecule has 0 bridgehead atoms. The molecule has 0 aliphatic heterocycles. The van der Waals surface area contributed by atoms with E-state index in [4.69, 9.17) is 0 Å². The molecule has 0 radical (unpaired) electrons. The van der Waals surface area contributed by atoms with E-state index in [0.29, 0.717) is 5.92 Å². The third-order valence-electron chi connectivity index (χ3n) is 3.60. The predicted molar refractivity (Wildman–Crippen MR) is 79.7 cm³/mol. The SMILES string of the molecule is Cc1cc(F)ccc1CC(CBr)(CBr)C(C)C. The second kappa shape index (κ2) is 6.33. The largest absolute Gasteiger partial charge is 0.207 e. The number of hydrogen-bond donors (Lipinski definition) is 0. The molecule has 0 saturated heterocycles. The van der Waals surface area contributed by atoms with E-state index in [-0.39, 0.29) is 11.2 Å². The molecule has 1 rings (SSSR count). The van der Waals surface area contributed by atoms with Crippen LogP contribution in [0.2, 0.25) is 0 Å². The van der Waals surface area contributed by atoms with Crippen molar-refractivity contribution in [3.05, 3.63) is 35.1 Å². The summed E-state index contributed by atoms with van der Waals surface area (Å²) in [5.41, 5.74) is 2.46. The summed E-state index contributed by atoms with van der Waals surface area (Å²) in [6.07, 6.45) is 0.966. The van der Waals surface area contributed by atoms with Crippen LogP contribution in [0, 0.1) is 24.1 Å².